The van der Waals surface area contributed by atoms with Gasteiger partial charge in [-0.25, -0.2) is 4.79 Å². The van der Waals surface area contributed by atoms with E-state index in [1.54, 1.807) is 58.0 Å². The number of amides is 9. The predicted octanol–water partition coefficient (Wildman–Crippen LogP) is -2.37. The molecule has 2 fully saturated rings. The summed E-state index contributed by atoms with van der Waals surface area (Å²) in [5.74, 6) is -13.3. The molecule has 0 radical (unpaired) electrons. The third-order valence-corrected chi connectivity index (χ3v) is 13.9. The van der Waals surface area contributed by atoms with E-state index in [0.717, 1.165) is 0 Å². The van der Waals surface area contributed by atoms with Crippen LogP contribution in [0.1, 0.15) is 90.2 Å². The van der Waals surface area contributed by atoms with Crippen molar-refractivity contribution in [2.24, 2.45) is 17.6 Å². The van der Waals surface area contributed by atoms with Crippen molar-refractivity contribution >= 4 is 71.1 Å². The SMILES string of the molecule is CC[C@H](C)[C@H](NC(=O)[C@H](Cc1ccc(O)cc1)NC(=O)[C@H](CO)NC(=O)[C@H](CC(=O)O)NC(=O)CNC(=O)[C@H](Cc1ccccc1)NC(=O)[C@@H]1CCCN1C(=O)[C@@H]1CCCN1C(=O)[C@@H](N)CCC(=O)O)C(=O)N[C@H](C(=O)O)C(C)C. The van der Waals surface area contributed by atoms with E-state index in [4.69, 9.17) is 10.8 Å². The molecule has 0 spiro atoms. The van der Waals surface area contributed by atoms with E-state index in [-0.39, 0.29) is 57.4 Å². The summed E-state index contributed by atoms with van der Waals surface area (Å²) >= 11 is 0. The summed E-state index contributed by atoms with van der Waals surface area (Å²) in [6.45, 7) is 4.87. The highest BCUT2D eigenvalue weighted by atomic mass is 16.4. The van der Waals surface area contributed by atoms with Gasteiger partial charge >= 0.3 is 17.9 Å². The molecule has 2 aliphatic rings. The van der Waals surface area contributed by atoms with Crippen LogP contribution < -0.4 is 43.0 Å². The van der Waals surface area contributed by atoms with Crippen LogP contribution in [-0.4, -0.2) is 187 Å². The highest BCUT2D eigenvalue weighted by Crippen LogP contribution is 2.26. The number of aromatic hydroxyl groups is 1. The van der Waals surface area contributed by atoms with Gasteiger partial charge in [-0.1, -0.05) is 76.6 Å². The van der Waals surface area contributed by atoms with Crippen LogP contribution in [0.3, 0.4) is 0 Å². The second-order valence-corrected chi connectivity index (χ2v) is 20.2. The number of hydrogen-bond donors (Lipinski definition) is 13. The minimum atomic E-state index is -1.93. The molecule has 0 unspecified atom stereocenters. The monoisotopic (exact) mass is 1120 g/mol. The van der Waals surface area contributed by atoms with Crippen LogP contribution in [-0.2, 0) is 70.4 Å². The second-order valence-electron chi connectivity index (χ2n) is 20.2. The lowest BCUT2D eigenvalue weighted by Crippen LogP contribution is -2.61. The largest absolute Gasteiger partial charge is 0.508 e. The number of phenols is 1. The number of benzene rings is 2. The number of nitrogens with two attached hydrogens (primary N) is 1. The Balaban J connectivity index is 1.46. The molecule has 0 bridgehead atoms. The van der Waals surface area contributed by atoms with Crippen molar-refractivity contribution in [2.75, 3.05) is 26.2 Å². The number of carbonyl (C=O) groups is 12. The minimum Gasteiger partial charge on any atom is -0.508 e. The average molecular weight is 1120 g/mol. The molecule has 2 aromatic carbocycles. The Hall–Kier alpha value is -8.20. The number of aliphatic hydroxyl groups is 1. The van der Waals surface area contributed by atoms with E-state index in [0.29, 0.717) is 30.4 Å². The maximum atomic E-state index is 14.0. The molecule has 438 valence electrons. The van der Waals surface area contributed by atoms with Crippen molar-refractivity contribution in [2.45, 2.75) is 146 Å². The maximum absolute atomic E-state index is 14.0. The van der Waals surface area contributed by atoms with Gasteiger partial charge in [-0.2, -0.15) is 0 Å². The third kappa shape index (κ3) is 19.0. The van der Waals surface area contributed by atoms with E-state index in [1.807, 2.05) is 0 Å². The van der Waals surface area contributed by atoms with Gasteiger partial charge in [-0.05, 0) is 67.2 Å². The van der Waals surface area contributed by atoms with Gasteiger partial charge in [0.15, 0.2) is 0 Å². The fraction of sp³-hybridized carbons (Fsp3) is 0.547. The Kier molecular flexibility index (Phi) is 24.8. The number of carbonyl (C=O) groups excluding carboxylic acids is 9. The molecule has 2 aliphatic heterocycles. The van der Waals surface area contributed by atoms with Crippen molar-refractivity contribution in [1.29, 1.82) is 0 Å². The number of phenolic OH excluding ortho intramolecular Hbond substituents is 1. The molecule has 0 saturated carbocycles. The van der Waals surface area contributed by atoms with Crippen molar-refractivity contribution in [1.82, 2.24) is 47.0 Å². The number of carboxylic acid groups (broad SMARTS) is 3. The molecule has 14 N–H and O–H groups in total. The number of nitrogens with zero attached hydrogens (tertiary/aromatic N) is 2. The van der Waals surface area contributed by atoms with Gasteiger partial charge in [-0.15, -0.1) is 0 Å². The van der Waals surface area contributed by atoms with Gasteiger partial charge in [0.05, 0.1) is 25.6 Å². The quantitative estimate of drug-likeness (QED) is 0.0389. The first-order valence-electron chi connectivity index (χ1n) is 26.4. The van der Waals surface area contributed by atoms with Crippen molar-refractivity contribution in [3.05, 3.63) is 65.7 Å². The number of rotatable bonds is 30. The predicted molar refractivity (Wildman–Crippen MR) is 282 cm³/mol. The van der Waals surface area contributed by atoms with Gasteiger partial charge in [0.1, 0.15) is 54.1 Å². The average Bonchev–Trinajstić information content (AvgIpc) is 4.19. The fourth-order valence-corrected chi connectivity index (χ4v) is 9.17. The summed E-state index contributed by atoms with van der Waals surface area (Å²) in [6.07, 6.45) is -0.251. The maximum Gasteiger partial charge on any atom is 0.326 e. The molecule has 27 heteroatoms. The zero-order valence-corrected chi connectivity index (χ0v) is 45.1. The molecule has 2 aromatic rings. The van der Waals surface area contributed by atoms with Gasteiger partial charge in [0.25, 0.3) is 0 Å². The molecule has 80 heavy (non-hydrogen) atoms. The van der Waals surface area contributed by atoms with E-state index in [9.17, 15) is 78.0 Å². The standard InChI is InChI=1S/C53H74N10O17/c1-5-29(4)44(50(76)60-43(28(2)3)53(79)80)61-47(73)35(24-31-15-17-32(65)18-16-31)57-48(74)37(27-64)59-46(72)36(25-42(69)70)56-40(66)26-55-45(71)34(23-30-11-7-6-8-12-30)58-49(75)38-13-9-21-62(38)52(78)39-14-10-22-63(39)51(77)33(54)19-20-41(67)68/h6-8,11-12,15-18,28-29,33-39,43-44,64-65H,5,9-10,13-14,19-27,54H2,1-4H3,(H,55,71)(H,56,66)(H,57,74)(H,58,75)(H,59,72)(H,60,76)(H,61,73)(H,67,68)(H,69,70)(H,79,80)/t29-,33-,34-,35-,36-,37-,38-,39-,43-,44-/m0/s1. The summed E-state index contributed by atoms with van der Waals surface area (Å²) in [5.41, 5.74) is 6.97. The lowest BCUT2D eigenvalue weighted by atomic mass is 9.96. The minimum absolute atomic E-state index is 0.106. The van der Waals surface area contributed by atoms with E-state index >= 15 is 0 Å². The zero-order valence-electron chi connectivity index (χ0n) is 45.1. The van der Waals surface area contributed by atoms with Crippen LogP contribution in [0.25, 0.3) is 0 Å². The van der Waals surface area contributed by atoms with Crippen LogP contribution >= 0.6 is 0 Å². The molecule has 27 nitrogen and oxygen atoms in total. The van der Waals surface area contributed by atoms with Gasteiger partial charge < -0.3 is 78.3 Å². The number of carboxylic acids is 3. The Morgan fingerprint density at radius 3 is 1.75 bits per heavy atom. The zero-order chi connectivity index (χ0) is 59.4. The first-order valence-corrected chi connectivity index (χ1v) is 26.4. The molecule has 0 aromatic heterocycles. The fourth-order valence-electron chi connectivity index (χ4n) is 9.17. The highest BCUT2D eigenvalue weighted by molar-refractivity contribution is 5.99. The number of likely N-dealkylation sites (tertiary alicyclic amines) is 2. The van der Waals surface area contributed by atoms with Crippen molar-refractivity contribution in [3.8, 4) is 5.75 Å². The summed E-state index contributed by atoms with van der Waals surface area (Å²) in [5, 5.41) is 65.5. The highest BCUT2D eigenvalue weighted by Gasteiger charge is 2.44. The number of aliphatic hydroxyl groups excluding tert-OH is 1. The molecule has 10 atom stereocenters. The molecular formula is C53H74N10O17. The molecule has 2 heterocycles. The molecule has 9 amide bonds. The first-order chi connectivity index (χ1) is 37.8. The van der Waals surface area contributed by atoms with E-state index in [1.165, 1.54) is 34.1 Å². The van der Waals surface area contributed by atoms with Crippen LogP contribution in [0.15, 0.2) is 54.6 Å². The van der Waals surface area contributed by atoms with Crippen LogP contribution in [0, 0.1) is 11.8 Å². The summed E-state index contributed by atoms with van der Waals surface area (Å²) < 4.78 is 0. The Bertz CT molecular complexity index is 2550. The number of aliphatic carboxylic acids is 3. The smallest absolute Gasteiger partial charge is 0.326 e. The molecule has 4 rings (SSSR count). The first kappa shape index (κ1) is 64.3. The lowest BCUT2D eigenvalue weighted by Gasteiger charge is -2.32. The van der Waals surface area contributed by atoms with Crippen molar-refractivity contribution < 1.29 is 83.1 Å². The number of nitrogens with one attached hydrogen (secondary N) is 7. The topological polar surface area (TPSA) is 423 Å². The lowest BCUT2D eigenvalue weighted by molar-refractivity contribution is -0.147. The molecule has 0 aliphatic carbocycles. The Morgan fingerprint density at radius 1 is 0.625 bits per heavy atom. The molecule has 2 saturated heterocycles. The summed E-state index contributed by atoms with van der Waals surface area (Å²) in [6, 6.07) is 1.42. The third-order valence-electron chi connectivity index (χ3n) is 13.9. The summed E-state index contributed by atoms with van der Waals surface area (Å²) in [4.78, 5) is 161. The van der Waals surface area contributed by atoms with Crippen LogP contribution in [0.2, 0.25) is 0 Å². The van der Waals surface area contributed by atoms with Gasteiger partial charge in [0, 0.05) is 32.4 Å². The van der Waals surface area contributed by atoms with Crippen LogP contribution in [0.5, 0.6) is 5.75 Å². The normalized spacial score (nSPS) is 17.9. The van der Waals surface area contributed by atoms with Gasteiger partial charge in [0.2, 0.25) is 53.2 Å². The van der Waals surface area contributed by atoms with E-state index < -0.39 is 157 Å². The Labute approximate surface area is 461 Å². The second kappa shape index (κ2) is 30.8. The number of hydrogen-bond acceptors (Lipinski definition) is 15. The van der Waals surface area contributed by atoms with Crippen molar-refractivity contribution in [3.63, 3.8) is 0 Å². The Morgan fingerprint density at radius 2 is 1.18 bits per heavy atom. The molecular weight excluding hydrogens is 1050 g/mol. The van der Waals surface area contributed by atoms with Crippen LogP contribution in [0.4, 0.5) is 0 Å². The van der Waals surface area contributed by atoms with Gasteiger partial charge in [-0.3, -0.25) is 52.7 Å². The summed E-state index contributed by atoms with van der Waals surface area (Å²) in [7, 11) is 0. The van der Waals surface area contributed by atoms with E-state index in [2.05, 4.69) is 37.2 Å².